The molecule has 0 saturated heterocycles. The number of para-hydroxylation sites is 1. The highest BCUT2D eigenvalue weighted by Crippen LogP contribution is 2.27. The number of aryl methyl sites for hydroxylation is 1. The number of benzene rings is 1. The second-order valence-corrected chi connectivity index (χ2v) is 5.60. The van der Waals surface area contributed by atoms with E-state index in [9.17, 15) is 4.79 Å². The molecule has 0 bridgehead atoms. The lowest BCUT2D eigenvalue weighted by atomic mass is 9.99. The maximum Gasteiger partial charge on any atom is 0.220 e. The molecule has 1 saturated carbocycles. The summed E-state index contributed by atoms with van der Waals surface area (Å²) in [7, 11) is 0. The molecule has 104 valence electrons. The van der Waals surface area contributed by atoms with Gasteiger partial charge in [-0.2, -0.15) is 0 Å². The van der Waals surface area contributed by atoms with Crippen LogP contribution in [0.2, 0.25) is 0 Å². The van der Waals surface area contributed by atoms with E-state index in [0.29, 0.717) is 18.4 Å². The molecular formula is C16H24N2O. The first-order valence-corrected chi connectivity index (χ1v) is 7.29. The molecule has 2 rings (SSSR count). The molecule has 0 spiro atoms. The van der Waals surface area contributed by atoms with E-state index in [1.807, 2.05) is 24.3 Å². The fourth-order valence-corrected chi connectivity index (χ4v) is 2.91. The third kappa shape index (κ3) is 3.98. The van der Waals surface area contributed by atoms with Crippen LogP contribution in [-0.2, 0) is 11.2 Å². The van der Waals surface area contributed by atoms with Crippen molar-refractivity contribution in [2.24, 2.45) is 5.92 Å². The predicted molar refractivity (Wildman–Crippen MR) is 78.7 cm³/mol. The fraction of sp³-hybridized carbons (Fsp3) is 0.562. The third-order valence-electron chi connectivity index (χ3n) is 4.17. The molecule has 19 heavy (non-hydrogen) atoms. The Bertz CT molecular complexity index is 425. The number of hydrogen-bond donors (Lipinski definition) is 2. The van der Waals surface area contributed by atoms with E-state index in [-0.39, 0.29) is 5.91 Å². The standard InChI is InChI=1S/C16H24N2O/c1-12(13-6-2-3-7-13)18-16(19)11-10-14-8-4-5-9-15(14)17/h4-5,8-9,12-13H,2-3,6-7,10-11,17H2,1H3,(H,18,19)/t12-/m0/s1. The number of hydrogen-bond acceptors (Lipinski definition) is 2. The number of nitrogens with two attached hydrogens (primary N) is 1. The molecule has 0 radical (unpaired) electrons. The summed E-state index contributed by atoms with van der Waals surface area (Å²) in [6.07, 6.45) is 6.37. The summed E-state index contributed by atoms with van der Waals surface area (Å²) in [5.41, 5.74) is 7.71. The average molecular weight is 260 g/mol. The first-order chi connectivity index (χ1) is 9.16. The zero-order valence-electron chi connectivity index (χ0n) is 11.7. The van der Waals surface area contributed by atoms with Gasteiger partial charge in [-0.1, -0.05) is 31.0 Å². The van der Waals surface area contributed by atoms with Gasteiger partial charge in [-0.15, -0.1) is 0 Å². The number of carbonyl (C=O) groups is 1. The Kier molecular flexibility index (Phi) is 4.83. The summed E-state index contributed by atoms with van der Waals surface area (Å²) in [6.45, 7) is 2.13. The second-order valence-electron chi connectivity index (χ2n) is 5.60. The van der Waals surface area contributed by atoms with E-state index in [4.69, 9.17) is 5.73 Å². The molecule has 3 nitrogen and oxygen atoms in total. The number of anilines is 1. The minimum Gasteiger partial charge on any atom is -0.399 e. The fourth-order valence-electron chi connectivity index (χ4n) is 2.91. The molecule has 3 heteroatoms. The topological polar surface area (TPSA) is 55.1 Å². The lowest BCUT2D eigenvalue weighted by Crippen LogP contribution is -2.37. The van der Waals surface area contributed by atoms with Crippen molar-refractivity contribution in [1.82, 2.24) is 5.32 Å². The SMILES string of the molecule is C[C@H](NC(=O)CCc1ccccc1N)C1CCCC1. The van der Waals surface area contributed by atoms with Crippen molar-refractivity contribution < 1.29 is 4.79 Å². The first-order valence-electron chi connectivity index (χ1n) is 7.29. The highest BCUT2D eigenvalue weighted by Gasteiger charge is 2.22. The van der Waals surface area contributed by atoms with Crippen LogP contribution in [0.5, 0.6) is 0 Å². The largest absolute Gasteiger partial charge is 0.399 e. The zero-order chi connectivity index (χ0) is 13.7. The van der Waals surface area contributed by atoms with Crippen LogP contribution in [-0.4, -0.2) is 11.9 Å². The number of carbonyl (C=O) groups excluding carboxylic acids is 1. The summed E-state index contributed by atoms with van der Waals surface area (Å²) >= 11 is 0. The molecule has 1 aliphatic rings. The van der Waals surface area contributed by atoms with Crippen molar-refractivity contribution in [2.45, 2.75) is 51.5 Å². The van der Waals surface area contributed by atoms with Crippen LogP contribution in [0.25, 0.3) is 0 Å². The van der Waals surface area contributed by atoms with Crippen molar-refractivity contribution in [3.05, 3.63) is 29.8 Å². The maximum absolute atomic E-state index is 11.9. The summed E-state index contributed by atoms with van der Waals surface area (Å²) in [6, 6.07) is 8.06. The minimum absolute atomic E-state index is 0.141. The van der Waals surface area contributed by atoms with Crippen LogP contribution in [0.1, 0.15) is 44.6 Å². The van der Waals surface area contributed by atoms with Gasteiger partial charge in [0, 0.05) is 18.2 Å². The van der Waals surface area contributed by atoms with Gasteiger partial charge < -0.3 is 11.1 Å². The summed E-state index contributed by atoms with van der Waals surface area (Å²) < 4.78 is 0. The van der Waals surface area contributed by atoms with Gasteiger partial charge in [0.15, 0.2) is 0 Å². The molecule has 1 aromatic rings. The Labute approximate surface area is 115 Å². The van der Waals surface area contributed by atoms with Gasteiger partial charge in [0.25, 0.3) is 0 Å². The summed E-state index contributed by atoms with van der Waals surface area (Å²) in [5.74, 6) is 0.813. The Hall–Kier alpha value is -1.51. The quantitative estimate of drug-likeness (QED) is 0.800. The number of amides is 1. The monoisotopic (exact) mass is 260 g/mol. The van der Waals surface area contributed by atoms with Gasteiger partial charge in [-0.25, -0.2) is 0 Å². The van der Waals surface area contributed by atoms with Crippen LogP contribution < -0.4 is 11.1 Å². The van der Waals surface area contributed by atoms with Crippen molar-refractivity contribution >= 4 is 11.6 Å². The zero-order valence-corrected chi connectivity index (χ0v) is 11.7. The molecule has 1 fully saturated rings. The van der Waals surface area contributed by atoms with E-state index in [0.717, 1.165) is 17.7 Å². The molecule has 1 aliphatic carbocycles. The van der Waals surface area contributed by atoms with Crippen molar-refractivity contribution in [2.75, 3.05) is 5.73 Å². The minimum atomic E-state index is 0.141. The van der Waals surface area contributed by atoms with E-state index < -0.39 is 0 Å². The highest BCUT2D eigenvalue weighted by atomic mass is 16.1. The molecule has 0 aliphatic heterocycles. The van der Waals surface area contributed by atoms with E-state index >= 15 is 0 Å². The third-order valence-corrected chi connectivity index (χ3v) is 4.17. The Morgan fingerprint density at radius 1 is 1.37 bits per heavy atom. The van der Waals surface area contributed by atoms with Crippen LogP contribution >= 0.6 is 0 Å². The van der Waals surface area contributed by atoms with Gasteiger partial charge in [-0.3, -0.25) is 4.79 Å². The first kappa shape index (κ1) is 13.9. The predicted octanol–water partition coefficient (Wildman–Crippen LogP) is 2.90. The maximum atomic E-state index is 11.9. The number of nitrogens with one attached hydrogen (secondary N) is 1. The smallest absolute Gasteiger partial charge is 0.220 e. The van der Waals surface area contributed by atoms with Crippen LogP contribution in [0, 0.1) is 5.92 Å². The van der Waals surface area contributed by atoms with E-state index in [1.165, 1.54) is 25.7 Å². The van der Waals surface area contributed by atoms with Crippen LogP contribution in [0.4, 0.5) is 5.69 Å². The Morgan fingerprint density at radius 3 is 2.74 bits per heavy atom. The molecule has 1 aromatic carbocycles. The van der Waals surface area contributed by atoms with Crippen molar-refractivity contribution in [3.8, 4) is 0 Å². The Morgan fingerprint density at radius 2 is 2.05 bits per heavy atom. The highest BCUT2D eigenvalue weighted by molar-refractivity contribution is 5.76. The normalized spacial score (nSPS) is 17.3. The number of rotatable bonds is 5. The molecule has 0 unspecified atom stereocenters. The molecule has 0 aromatic heterocycles. The van der Waals surface area contributed by atoms with Gasteiger partial charge >= 0.3 is 0 Å². The average Bonchev–Trinajstić information content (AvgIpc) is 2.91. The second kappa shape index (κ2) is 6.60. The molecule has 0 heterocycles. The molecule has 3 N–H and O–H groups in total. The summed E-state index contributed by atoms with van der Waals surface area (Å²) in [4.78, 5) is 11.9. The molecule has 1 amide bonds. The van der Waals surface area contributed by atoms with E-state index in [2.05, 4.69) is 12.2 Å². The van der Waals surface area contributed by atoms with Gasteiger partial charge in [0.1, 0.15) is 0 Å². The van der Waals surface area contributed by atoms with Gasteiger partial charge in [0.05, 0.1) is 0 Å². The van der Waals surface area contributed by atoms with Crippen molar-refractivity contribution in [3.63, 3.8) is 0 Å². The molecular weight excluding hydrogens is 236 g/mol. The Balaban J connectivity index is 1.77. The van der Waals surface area contributed by atoms with Gasteiger partial charge in [-0.05, 0) is 43.7 Å². The molecule has 1 atom stereocenters. The van der Waals surface area contributed by atoms with Crippen LogP contribution in [0.3, 0.4) is 0 Å². The number of nitrogen functional groups attached to an aromatic ring is 1. The lowest BCUT2D eigenvalue weighted by Gasteiger charge is -2.20. The van der Waals surface area contributed by atoms with Gasteiger partial charge in [0.2, 0.25) is 5.91 Å². The van der Waals surface area contributed by atoms with Crippen LogP contribution in [0.15, 0.2) is 24.3 Å². The lowest BCUT2D eigenvalue weighted by molar-refractivity contribution is -0.122. The van der Waals surface area contributed by atoms with Crippen molar-refractivity contribution in [1.29, 1.82) is 0 Å². The van der Waals surface area contributed by atoms with E-state index in [1.54, 1.807) is 0 Å². The summed E-state index contributed by atoms with van der Waals surface area (Å²) in [5, 5.41) is 3.13.